The Labute approximate surface area is 182 Å². The summed E-state index contributed by atoms with van der Waals surface area (Å²) in [6, 6.07) is 6.85. The lowest BCUT2D eigenvalue weighted by atomic mass is 9.97. The van der Waals surface area contributed by atoms with Crippen molar-refractivity contribution >= 4 is 29.1 Å². The van der Waals surface area contributed by atoms with E-state index in [0.717, 1.165) is 51.5 Å². The number of aromatic nitrogens is 2. The molecule has 2 aliphatic rings. The second kappa shape index (κ2) is 9.13. The van der Waals surface area contributed by atoms with Crippen molar-refractivity contribution < 1.29 is 9.59 Å². The van der Waals surface area contributed by atoms with Crippen LogP contribution in [0.4, 0.5) is 5.69 Å². The molecule has 6 nitrogen and oxygen atoms in total. The molecule has 2 heterocycles. The van der Waals surface area contributed by atoms with Crippen LogP contribution >= 0.6 is 11.6 Å². The van der Waals surface area contributed by atoms with E-state index in [4.69, 9.17) is 11.6 Å². The van der Waals surface area contributed by atoms with E-state index in [1.54, 1.807) is 30.5 Å². The van der Waals surface area contributed by atoms with Gasteiger partial charge in [0.1, 0.15) is 0 Å². The molecule has 1 N–H and O–H groups in total. The maximum Gasteiger partial charge on any atom is 0.259 e. The van der Waals surface area contributed by atoms with Crippen LogP contribution in [0.3, 0.4) is 0 Å². The topological polar surface area (TPSA) is 75.2 Å². The summed E-state index contributed by atoms with van der Waals surface area (Å²) in [5, 5.41) is 3.46. The zero-order valence-corrected chi connectivity index (χ0v) is 18.0. The van der Waals surface area contributed by atoms with E-state index < -0.39 is 0 Å². The fraction of sp³-hybridized carbons (Fsp3) is 0.478. The fourth-order valence-electron chi connectivity index (χ4n) is 4.47. The number of amides is 2. The molecule has 2 amide bonds. The van der Waals surface area contributed by atoms with Crippen molar-refractivity contribution in [3.8, 4) is 0 Å². The number of halogens is 1. The smallest absolute Gasteiger partial charge is 0.259 e. The number of benzene rings is 1. The highest BCUT2D eigenvalue weighted by Gasteiger charge is 2.35. The highest BCUT2D eigenvalue weighted by Crippen LogP contribution is 2.34. The van der Waals surface area contributed by atoms with Crippen LogP contribution in [0.1, 0.15) is 72.9 Å². The van der Waals surface area contributed by atoms with Gasteiger partial charge in [0.15, 0.2) is 5.82 Å². The average molecular weight is 427 g/mol. The van der Waals surface area contributed by atoms with Gasteiger partial charge in [0.05, 0.1) is 17.3 Å². The Morgan fingerprint density at radius 3 is 2.47 bits per heavy atom. The molecule has 0 radical (unpaired) electrons. The minimum absolute atomic E-state index is 0.0982. The van der Waals surface area contributed by atoms with Crippen LogP contribution in [0, 0.1) is 12.8 Å². The van der Waals surface area contributed by atoms with E-state index in [9.17, 15) is 9.59 Å². The number of nitrogens with zero attached hydrogens (tertiary/aromatic N) is 3. The van der Waals surface area contributed by atoms with Gasteiger partial charge in [0.2, 0.25) is 5.91 Å². The molecule has 2 aromatic rings. The van der Waals surface area contributed by atoms with Crippen molar-refractivity contribution in [2.45, 2.75) is 57.9 Å². The standard InChI is InChI=1S/C23H27ClN4O2/c1-15-19(22(29)27-18-11-9-17(24)10-12-18)14-25-21(26-15)20-8-4-5-13-28(20)23(30)16-6-2-3-7-16/h9-12,14,16,20H,2-8,13H2,1H3,(H,27,29)/t20-/m0/s1. The summed E-state index contributed by atoms with van der Waals surface area (Å²) in [5.74, 6) is 0.782. The van der Waals surface area contributed by atoms with Gasteiger partial charge in [0, 0.05) is 29.4 Å². The Hall–Kier alpha value is -2.47. The normalized spacial score (nSPS) is 19.7. The first kappa shape index (κ1) is 20.8. The number of rotatable bonds is 4. The van der Waals surface area contributed by atoms with E-state index >= 15 is 0 Å². The molecule has 7 heteroatoms. The summed E-state index contributed by atoms with van der Waals surface area (Å²) < 4.78 is 0. The molecule has 158 valence electrons. The third-order valence-corrected chi connectivity index (χ3v) is 6.38. The molecule has 1 saturated heterocycles. The molecule has 1 atom stereocenters. The Morgan fingerprint density at radius 1 is 1.07 bits per heavy atom. The lowest BCUT2D eigenvalue weighted by Crippen LogP contribution is -2.42. The Morgan fingerprint density at radius 2 is 1.77 bits per heavy atom. The van der Waals surface area contributed by atoms with E-state index in [-0.39, 0.29) is 23.8 Å². The number of hydrogen-bond acceptors (Lipinski definition) is 4. The molecular weight excluding hydrogens is 400 g/mol. The third-order valence-electron chi connectivity index (χ3n) is 6.13. The Balaban J connectivity index is 1.51. The number of nitrogens with one attached hydrogen (secondary N) is 1. The van der Waals surface area contributed by atoms with E-state index in [1.165, 1.54) is 0 Å². The number of piperidine rings is 1. The summed E-state index contributed by atoms with van der Waals surface area (Å²) in [5.41, 5.74) is 1.71. The molecule has 30 heavy (non-hydrogen) atoms. The number of carbonyl (C=O) groups is 2. The van der Waals surface area contributed by atoms with Crippen LogP contribution < -0.4 is 5.32 Å². The molecule has 0 spiro atoms. The van der Waals surface area contributed by atoms with Crippen molar-refractivity contribution in [2.75, 3.05) is 11.9 Å². The molecule has 1 aromatic carbocycles. The van der Waals surface area contributed by atoms with Gasteiger partial charge in [-0.05, 0) is 63.3 Å². The number of likely N-dealkylation sites (tertiary alicyclic amines) is 1. The Bertz CT molecular complexity index is 925. The molecule has 2 fully saturated rings. The molecule has 1 aliphatic carbocycles. The van der Waals surface area contributed by atoms with E-state index in [1.807, 2.05) is 11.8 Å². The van der Waals surface area contributed by atoms with Crippen LogP contribution in [0.15, 0.2) is 30.5 Å². The SMILES string of the molecule is Cc1nc([C@@H]2CCCCN2C(=O)C2CCCC2)ncc1C(=O)Nc1ccc(Cl)cc1. The first-order valence-electron chi connectivity index (χ1n) is 10.7. The largest absolute Gasteiger partial charge is 0.332 e. The van der Waals surface area contributed by atoms with E-state index in [0.29, 0.717) is 27.8 Å². The maximum atomic E-state index is 13.1. The first-order chi connectivity index (χ1) is 14.5. The zero-order valence-electron chi connectivity index (χ0n) is 17.2. The van der Waals surface area contributed by atoms with Crippen molar-refractivity contribution in [1.29, 1.82) is 0 Å². The molecule has 0 unspecified atom stereocenters. The lowest BCUT2D eigenvalue weighted by molar-refractivity contribution is -0.139. The number of carbonyl (C=O) groups excluding carboxylic acids is 2. The first-order valence-corrected chi connectivity index (χ1v) is 11.1. The number of anilines is 1. The van der Waals surface area contributed by atoms with Crippen LogP contribution in [-0.2, 0) is 4.79 Å². The predicted molar refractivity (Wildman–Crippen MR) is 116 cm³/mol. The molecule has 1 saturated carbocycles. The summed E-state index contributed by atoms with van der Waals surface area (Å²) in [6.45, 7) is 2.58. The van der Waals surface area contributed by atoms with Gasteiger partial charge in [-0.2, -0.15) is 0 Å². The van der Waals surface area contributed by atoms with Gasteiger partial charge in [-0.25, -0.2) is 9.97 Å². The monoisotopic (exact) mass is 426 g/mol. The average Bonchev–Trinajstić information content (AvgIpc) is 3.29. The van der Waals surface area contributed by atoms with Gasteiger partial charge in [-0.3, -0.25) is 9.59 Å². The van der Waals surface area contributed by atoms with Gasteiger partial charge < -0.3 is 10.2 Å². The van der Waals surface area contributed by atoms with Crippen molar-refractivity contribution in [3.05, 3.63) is 52.6 Å². The highest BCUT2D eigenvalue weighted by atomic mass is 35.5. The molecule has 4 rings (SSSR count). The van der Waals surface area contributed by atoms with Crippen LogP contribution in [0.5, 0.6) is 0 Å². The third kappa shape index (κ3) is 4.48. The molecular formula is C23H27ClN4O2. The Kier molecular flexibility index (Phi) is 6.32. The van der Waals surface area contributed by atoms with Gasteiger partial charge in [-0.1, -0.05) is 24.4 Å². The second-order valence-corrected chi connectivity index (χ2v) is 8.65. The summed E-state index contributed by atoms with van der Waals surface area (Å²) in [4.78, 5) is 36.9. The summed E-state index contributed by atoms with van der Waals surface area (Å²) in [7, 11) is 0. The quantitative estimate of drug-likeness (QED) is 0.751. The highest BCUT2D eigenvalue weighted by molar-refractivity contribution is 6.30. The second-order valence-electron chi connectivity index (χ2n) is 8.21. The predicted octanol–water partition coefficient (Wildman–Crippen LogP) is 4.93. The molecule has 1 aromatic heterocycles. The minimum Gasteiger partial charge on any atom is -0.332 e. The van der Waals surface area contributed by atoms with Gasteiger partial charge >= 0.3 is 0 Å². The lowest BCUT2D eigenvalue weighted by Gasteiger charge is -2.36. The van der Waals surface area contributed by atoms with E-state index in [2.05, 4.69) is 15.3 Å². The number of hydrogen-bond donors (Lipinski definition) is 1. The zero-order chi connectivity index (χ0) is 21.1. The maximum absolute atomic E-state index is 13.1. The van der Waals surface area contributed by atoms with Crippen molar-refractivity contribution in [3.63, 3.8) is 0 Å². The van der Waals surface area contributed by atoms with Crippen LogP contribution in [-0.4, -0.2) is 33.2 Å². The van der Waals surface area contributed by atoms with Crippen LogP contribution in [0.2, 0.25) is 5.02 Å². The number of aryl methyl sites for hydroxylation is 1. The molecule has 1 aliphatic heterocycles. The van der Waals surface area contributed by atoms with Gasteiger partial charge in [-0.15, -0.1) is 0 Å². The van der Waals surface area contributed by atoms with Crippen molar-refractivity contribution in [1.82, 2.24) is 14.9 Å². The van der Waals surface area contributed by atoms with Crippen molar-refractivity contribution in [2.24, 2.45) is 5.92 Å². The van der Waals surface area contributed by atoms with Gasteiger partial charge in [0.25, 0.3) is 5.91 Å². The summed E-state index contributed by atoms with van der Waals surface area (Å²) >= 11 is 5.90. The fourth-order valence-corrected chi connectivity index (χ4v) is 4.60. The minimum atomic E-state index is -0.260. The molecule has 0 bridgehead atoms. The summed E-state index contributed by atoms with van der Waals surface area (Å²) in [6.07, 6.45) is 8.79. The van der Waals surface area contributed by atoms with Crippen LogP contribution in [0.25, 0.3) is 0 Å².